The van der Waals surface area contributed by atoms with E-state index in [0.717, 1.165) is 19.3 Å². The van der Waals surface area contributed by atoms with E-state index in [1.165, 1.54) is 15.6 Å². The molecule has 0 aliphatic heterocycles. The first-order valence-electron chi connectivity index (χ1n) is 3.96. The molecule has 0 saturated carbocycles. The molecule has 0 aromatic carbocycles. The zero-order valence-electron chi connectivity index (χ0n) is 6.63. The Balaban J connectivity index is 2.34. The number of rotatable bonds is 0. The first-order chi connectivity index (χ1) is 5.25. The summed E-state index contributed by atoms with van der Waals surface area (Å²) in [6, 6.07) is 0.351. The third-order valence-electron chi connectivity index (χ3n) is 2.08. The topological polar surface area (TPSA) is 38.9 Å². The Bertz CT molecular complexity index is 267. The second kappa shape index (κ2) is 2.57. The van der Waals surface area contributed by atoms with E-state index in [9.17, 15) is 0 Å². The fourth-order valence-electron chi connectivity index (χ4n) is 1.53. The molecule has 0 unspecified atom stereocenters. The van der Waals surface area contributed by atoms with Crippen LogP contribution in [-0.2, 0) is 12.8 Å². The minimum atomic E-state index is 0.351. The van der Waals surface area contributed by atoms with E-state index < -0.39 is 0 Å². The molecule has 1 aromatic rings. The molecule has 0 radical (unpaired) electrons. The van der Waals surface area contributed by atoms with Crippen LogP contribution in [0.4, 0.5) is 0 Å². The van der Waals surface area contributed by atoms with Gasteiger partial charge in [0.25, 0.3) is 0 Å². The summed E-state index contributed by atoms with van der Waals surface area (Å²) in [7, 11) is 0. The largest absolute Gasteiger partial charge is 0.327 e. The molecule has 0 spiro atoms. The number of nitrogens with two attached hydrogens (primary N) is 1. The number of aryl methyl sites for hydroxylation is 2. The minimum absolute atomic E-state index is 0.351. The van der Waals surface area contributed by atoms with Crippen molar-refractivity contribution >= 4 is 11.3 Å². The van der Waals surface area contributed by atoms with Crippen LogP contribution in [0.2, 0.25) is 0 Å². The van der Waals surface area contributed by atoms with Crippen LogP contribution in [0.25, 0.3) is 0 Å². The van der Waals surface area contributed by atoms with Crippen molar-refractivity contribution in [2.75, 3.05) is 0 Å². The van der Waals surface area contributed by atoms with Crippen LogP contribution in [0.1, 0.15) is 22.0 Å². The van der Waals surface area contributed by atoms with E-state index in [0.29, 0.717) is 6.04 Å². The van der Waals surface area contributed by atoms with Gasteiger partial charge in [0, 0.05) is 17.3 Å². The summed E-state index contributed by atoms with van der Waals surface area (Å²) < 4.78 is 0. The molecule has 0 fully saturated rings. The molecule has 2 N–H and O–H groups in total. The van der Waals surface area contributed by atoms with Gasteiger partial charge in [-0.25, -0.2) is 4.98 Å². The maximum atomic E-state index is 5.82. The number of fused-ring (bicyclic) bond motifs is 1. The summed E-state index contributed by atoms with van der Waals surface area (Å²) in [5, 5.41) is 1.18. The number of aromatic nitrogens is 1. The molecule has 0 saturated heterocycles. The molecule has 1 heterocycles. The monoisotopic (exact) mass is 168 g/mol. The summed E-state index contributed by atoms with van der Waals surface area (Å²) in [6.07, 6.45) is 3.26. The zero-order chi connectivity index (χ0) is 7.84. The van der Waals surface area contributed by atoms with Crippen molar-refractivity contribution in [1.29, 1.82) is 0 Å². The number of thiazole rings is 1. The lowest BCUT2D eigenvalue weighted by Crippen LogP contribution is -2.27. The molecule has 1 aliphatic carbocycles. The molecule has 60 valence electrons. The van der Waals surface area contributed by atoms with Crippen molar-refractivity contribution in [3.63, 3.8) is 0 Å². The van der Waals surface area contributed by atoms with Crippen molar-refractivity contribution in [3.8, 4) is 0 Å². The lowest BCUT2D eigenvalue weighted by Gasteiger charge is -2.15. The predicted octanol–water partition coefficient (Wildman–Crippen LogP) is 1.27. The minimum Gasteiger partial charge on any atom is -0.327 e. The van der Waals surface area contributed by atoms with E-state index in [-0.39, 0.29) is 0 Å². The van der Waals surface area contributed by atoms with E-state index >= 15 is 0 Å². The van der Waals surface area contributed by atoms with Crippen molar-refractivity contribution in [1.82, 2.24) is 4.98 Å². The van der Waals surface area contributed by atoms with Gasteiger partial charge >= 0.3 is 0 Å². The van der Waals surface area contributed by atoms with Crippen molar-refractivity contribution in [3.05, 3.63) is 15.6 Å². The van der Waals surface area contributed by atoms with Gasteiger partial charge in [-0.3, -0.25) is 0 Å². The van der Waals surface area contributed by atoms with Gasteiger partial charge in [0.2, 0.25) is 0 Å². The van der Waals surface area contributed by atoms with Gasteiger partial charge in [-0.15, -0.1) is 11.3 Å². The van der Waals surface area contributed by atoms with Crippen molar-refractivity contribution < 1.29 is 0 Å². The fraction of sp³-hybridized carbons (Fsp3) is 0.625. The Morgan fingerprint density at radius 1 is 1.64 bits per heavy atom. The molecular weight excluding hydrogens is 156 g/mol. The summed E-state index contributed by atoms with van der Waals surface area (Å²) in [4.78, 5) is 5.90. The highest BCUT2D eigenvalue weighted by molar-refractivity contribution is 7.11. The Morgan fingerprint density at radius 3 is 3.27 bits per heavy atom. The summed E-state index contributed by atoms with van der Waals surface area (Å²) in [6.45, 7) is 2.06. The quantitative estimate of drug-likeness (QED) is 0.633. The highest BCUT2D eigenvalue weighted by Gasteiger charge is 2.18. The van der Waals surface area contributed by atoms with Gasteiger partial charge in [0.1, 0.15) is 0 Å². The van der Waals surface area contributed by atoms with Gasteiger partial charge < -0.3 is 5.73 Å². The van der Waals surface area contributed by atoms with E-state index in [1.807, 2.05) is 11.3 Å². The first-order valence-corrected chi connectivity index (χ1v) is 4.78. The Morgan fingerprint density at radius 2 is 2.45 bits per heavy atom. The third-order valence-corrected chi connectivity index (χ3v) is 3.16. The molecule has 2 nitrogen and oxygen atoms in total. The predicted molar refractivity (Wildman–Crippen MR) is 46.9 cm³/mol. The number of nitrogens with zero attached hydrogens (tertiary/aromatic N) is 1. The summed E-state index contributed by atoms with van der Waals surface area (Å²) in [5.74, 6) is 0. The van der Waals surface area contributed by atoms with E-state index in [2.05, 4.69) is 11.9 Å². The zero-order valence-corrected chi connectivity index (χ0v) is 7.45. The summed E-state index contributed by atoms with van der Waals surface area (Å²) >= 11 is 1.83. The standard InChI is InChI=1S/C8H12N2S/c1-5-10-7-4-6(9)2-3-8(7)11-5/h6H,2-4,9H2,1H3/t6-/m0/s1. The average molecular weight is 168 g/mol. The lowest BCUT2D eigenvalue weighted by molar-refractivity contribution is 0.573. The Kier molecular flexibility index (Phi) is 1.69. The molecule has 0 bridgehead atoms. The maximum absolute atomic E-state index is 5.82. The van der Waals surface area contributed by atoms with Gasteiger partial charge in [0.15, 0.2) is 0 Å². The molecule has 2 rings (SSSR count). The van der Waals surface area contributed by atoms with Crippen LogP contribution < -0.4 is 5.73 Å². The van der Waals surface area contributed by atoms with Crippen molar-refractivity contribution in [2.24, 2.45) is 5.73 Å². The summed E-state index contributed by atoms with van der Waals surface area (Å²) in [5.41, 5.74) is 7.08. The first kappa shape index (κ1) is 7.25. The van der Waals surface area contributed by atoms with Crippen LogP contribution in [0.15, 0.2) is 0 Å². The third kappa shape index (κ3) is 1.30. The van der Waals surface area contributed by atoms with Gasteiger partial charge in [-0.05, 0) is 19.8 Å². The number of hydrogen-bond donors (Lipinski definition) is 1. The molecule has 1 aliphatic rings. The van der Waals surface area contributed by atoms with Crippen LogP contribution in [0.5, 0.6) is 0 Å². The second-order valence-electron chi connectivity index (χ2n) is 3.11. The SMILES string of the molecule is Cc1nc2c(s1)CC[C@H](N)C2. The molecular formula is C8H12N2S. The molecule has 1 aromatic heterocycles. The number of hydrogen-bond acceptors (Lipinski definition) is 3. The van der Waals surface area contributed by atoms with Crippen LogP contribution in [0, 0.1) is 6.92 Å². The van der Waals surface area contributed by atoms with E-state index in [4.69, 9.17) is 5.73 Å². The van der Waals surface area contributed by atoms with Gasteiger partial charge in [-0.2, -0.15) is 0 Å². The highest BCUT2D eigenvalue weighted by atomic mass is 32.1. The Hall–Kier alpha value is -0.410. The molecule has 11 heavy (non-hydrogen) atoms. The molecule has 3 heteroatoms. The second-order valence-corrected chi connectivity index (χ2v) is 4.39. The van der Waals surface area contributed by atoms with Gasteiger partial charge in [0.05, 0.1) is 10.7 Å². The molecule has 0 amide bonds. The fourth-order valence-corrected chi connectivity index (χ4v) is 2.51. The Labute approximate surface area is 70.5 Å². The van der Waals surface area contributed by atoms with Crippen LogP contribution in [0.3, 0.4) is 0 Å². The smallest absolute Gasteiger partial charge is 0.0900 e. The highest BCUT2D eigenvalue weighted by Crippen LogP contribution is 2.25. The van der Waals surface area contributed by atoms with Crippen LogP contribution >= 0.6 is 11.3 Å². The van der Waals surface area contributed by atoms with Crippen molar-refractivity contribution in [2.45, 2.75) is 32.2 Å². The molecule has 1 atom stereocenters. The average Bonchev–Trinajstić information content (AvgIpc) is 2.27. The maximum Gasteiger partial charge on any atom is 0.0900 e. The lowest BCUT2D eigenvalue weighted by atomic mass is 9.99. The van der Waals surface area contributed by atoms with Crippen LogP contribution in [-0.4, -0.2) is 11.0 Å². The van der Waals surface area contributed by atoms with E-state index in [1.54, 1.807) is 0 Å². The van der Waals surface area contributed by atoms with Gasteiger partial charge in [-0.1, -0.05) is 0 Å². The normalized spacial score (nSPS) is 23.3.